The maximum atomic E-state index is 12.9. The molecule has 0 aliphatic carbocycles. The Morgan fingerprint density at radius 2 is 2.06 bits per heavy atom. The zero-order valence-electron chi connectivity index (χ0n) is 20.6. The van der Waals surface area contributed by atoms with Gasteiger partial charge in [0.25, 0.3) is 0 Å². The van der Waals surface area contributed by atoms with Gasteiger partial charge in [0.2, 0.25) is 11.8 Å². The average molecular weight is 465 g/mol. The van der Waals surface area contributed by atoms with Crippen molar-refractivity contribution in [3.8, 4) is 0 Å². The van der Waals surface area contributed by atoms with Gasteiger partial charge in [0.15, 0.2) is 0 Å². The Bertz CT molecular complexity index is 736. The lowest BCUT2D eigenvalue weighted by atomic mass is 10.1. The molecule has 2 heterocycles. The first-order valence-corrected chi connectivity index (χ1v) is 12.0. The highest BCUT2D eigenvalue weighted by Crippen LogP contribution is 2.36. The zero-order chi connectivity index (χ0) is 24.4. The van der Waals surface area contributed by atoms with Crippen LogP contribution in [0.3, 0.4) is 0 Å². The van der Waals surface area contributed by atoms with Crippen LogP contribution in [0.4, 0.5) is 0 Å². The number of likely N-dealkylation sites (N-methyl/N-ethyl adjacent to an activating group) is 1. The second kappa shape index (κ2) is 13.5. The van der Waals surface area contributed by atoms with Crippen molar-refractivity contribution in [1.82, 2.24) is 20.9 Å². The van der Waals surface area contributed by atoms with Crippen molar-refractivity contribution in [1.29, 1.82) is 0 Å². The monoisotopic (exact) mass is 464 g/mol. The summed E-state index contributed by atoms with van der Waals surface area (Å²) in [5.41, 5.74) is 0.756. The first-order chi connectivity index (χ1) is 15.8. The molecule has 186 valence electrons. The van der Waals surface area contributed by atoms with E-state index in [0.29, 0.717) is 38.5 Å². The first kappa shape index (κ1) is 27.0. The molecule has 0 aromatic heterocycles. The Kier molecular flexibility index (Phi) is 11.0. The highest BCUT2D eigenvalue weighted by molar-refractivity contribution is 5.84. The number of rotatable bonds is 13. The molecule has 9 nitrogen and oxygen atoms in total. The predicted octanol–water partition coefficient (Wildman–Crippen LogP) is 1.46. The van der Waals surface area contributed by atoms with E-state index >= 15 is 0 Å². The van der Waals surface area contributed by atoms with Gasteiger partial charge in [-0.25, -0.2) is 4.79 Å². The summed E-state index contributed by atoms with van der Waals surface area (Å²) in [6, 6.07) is -0.268. The maximum Gasteiger partial charge on any atom is 0.330 e. The van der Waals surface area contributed by atoms with Gasteiger partial charge in [-0.05, 0) is 45.6 Å². The van der Waals surface area contributed by atoms with Crippen LogP contribution < -0.4 is 16.0 Å². The van der Waals surface area contributed by atoms with Crippen LogP contribution in [0.15, 0.2) is 23.9 Å². The molecule has 2 aliphatic heterocycles. The van der Waals surface area contributed by atoms with Crippen molar-refractivity contribution < 1.29 is 23.9 Å². The third-order valence-corrected chi connectivity index (χ3v) is 5.58. The zero-order valence-corrected chi connectivity index (χ0v) is 20.6. The molecule has 9 heteroatoms. The molecule has 3 N–H and O–H groups in total. The molecular formula is C24H40N4O5. The lowest BCUT2D eigenvalue weighted by molar-refractivity contribution is -0.137. The van der Waals surface area contributed by atoms with Crippen molar-refractivity contribution in [2.24, 2.45) is 5.92 Å². The maximum absolute atomic E-state index is 12.9. The van der Waals surface area contributed by atoms with E-state index in [9.17, 15) is 14.4 Å². The van der Waals surface area contributed by atoms with E-state index < -0.39 is 6.04 Å². The standard InChI is InChI=1S/C24H40N4O5/c1-6-25-19(10-8-9-11-21(30)32-7-2)23(31)27-18-13-12-17(5)28(24-22(18)33-24)15-20(29)26-14-16(3)4/h9,11,13,16-17,19,22,24-25H,6-8,10,12,14-15H2,1-5H3,(H,26,29)(H,27,31)/b11-9+/t17?,19-,22?,24?/m0/s1. The second-order valence-electron chi connectivity index (χ2n) is 8.89. The molecule has 0 saturated carbocycles. The molecule has 0 spiro atoms. The van der Waals surface area contributed by atoms with E-state index in [2.05, 4.69) is 41.6 Å². The van der Waals surface area contributed by atoms with Gasteiger partial charge in [-0.2, -0.15) is 0 Å². The van der Waals surface area contributed by atoms with Gasteiger partial charge < -0.3 is 25.4 Å². The fourth-order valence-electron chi connectivity index (χ4n) is 3.73. The number of esters is 1. The van der Waals surface area contributed by atoms with Crippen molar-refractivity contribution in [3.63, 3.8) is 0 Å². The van der Waals surface area contributed by atoms with E-state index in [4.69, 9.17) is 9.47 Å². The largest absolute Gasteiger partial charge is 0.463 e. The van der Waals surface area contributed by atoms with Crippen LogP contribution in [0.25, 0.3) is 0 Å². The molecule has 33 heavy (non-hydrogen) atoms. The summed E-state index contributed by atoms with van der Waals surface area (Å²) in [7, 11) is 0. The molecule has 2 amide bonds. The van der Waals surface area contributed by atoms with Crippen molar-refractivity contribution >= 4 is 17.8 Å². The second-order valence-corrected chi connectivity index (χ2v) is 8.89. The molecule has 0 aromatic rings. The van der Waals surface area contributed by atoms with Crippen LogP contribution in [0.1, 0.15) is 53.9 Å². The van der Waals surface area contributed by atoms with Crippen LogP contribution in [0, 0.1) is 5.92 Å². The minimum Gasteiger partial charge on any atom is -0.463 e. The number of ether oxygens (including phenoxy) is 2. The van der Waals surface area contributed by atoms with Gasteiger partial charge in [0, 0.05) is 24.4 Å². The summed E-state index contributed by atoms with van der Waals surface area (Å²) in [5.74, 6) is -0.119. The highest BCUT2D eigenvalue weighted by atomic mass is 16.6. The smallest absolute Gasteiger partial charge is 0.330 e. The molecule has 3 unspecified atom stereocenters. The minimum atomic E-state index is -0.390. The molecule has 0 bridgehead atoms. The number of nitrogens with one attached hydrogen (secondary N) is 3. The van der Waals surface area contributed by atoms with Gasteiger partial charge in [-0.15, -0.1) is 0 Å². The molecule has 0 aromatic carbocycles. The fraction of sp³-hybridized carbons (Fsp3) is 0.708. The van der Waals surface area contributed by atoms with Gasteiger partial charge >= 0.3 is 5.97 Å². The van der Waals surface area contributed by atoms with Gasteiger partial charge in [0.1, 0.15) is 12.3 Å². The van der Waals surface area contributed by atoms with Crippen LogP contribution in [0.5, 0.6) is 0 Å². The lowest BCUT2D eigenvalue weighted by Gasteiger charge is -2.25. The predicted molar refractivity (Wildman–Crippen MR) is 126 cm³/mol. The number of hydrogen-bond donors (Lipinski definition) is 3. The molecule has 1 saturated heterocycles. The van der Waals surface area contributed by atoms with Crippen molar-refractivity contribution in [2.75, 3.05) is 26.2 Å². The Morgan fingerprint density at radius 1 is 1.30 bits per heavy atom. The quantitative estimate of drug-likeness (QED) is 0.215. The number of fused-ring (bicyclic) bond motifs is 1. The van der Waals surface area contributed by atoms with E-state index in [1.165, 1.54) is 6.08 Å². The summed E-state index contributed by atoms with van der Waals surface area (Å²) in [5, 5.41) is 9.19. The number of nitrogens with zero attached hydrogens (tertiary/aromatic N) is 1. The van der Waals surface area contributed by atoms with E-state index in [0.717, 1.165) is 12.1 Å². The van der Waals surface area contributed by atoms with Crippen LogP contribution >= 0.6 is 0 Å². The first-order valence-electron chi connectivity index (χ1n) is 12.0. The van der Waals surface area contributed by atoms with Crippen molar-refractivity contribution in [3.05, 3.63) is 23.9 Å². The van der Waals surface area contributed by atoms with Gasteiger partial charge in [-0.1, -0.05) is 32.9 Å². The fourth-order valence-corrected chi connectivity index (χ4v) is 3.73. The third kappa shape index (κ3) is 8.91. The lowest BCUT2D eigenvalue weighted by Crippen LogP contribution is -2.45. The normalized spacial score (nSPS) is 23.5. The summed E-state index contributed by atoms with van der Waals surface area (Å²) in [6.45, 7) is 11.8. The Balaban J connectivity index is 1.89. The highest BCUT2D eigenvalue weighted by Gasteiger charge is 2.50. The summed E-state index contributed by atoms with van der Waals surface area (Å²) in [6.07, 6.45) is 6.53. The number of carbonyl (C=O) groups excluding carboxylic acids is 3. The number of amides is 2. The molecule has 2 aliphatic rings. The Hall–Kier alpha value is -2.23. The van der Waals surface area contributed by atoms with E-state index in [1.54, 1.807) is 13.0 Å². The van der Waals surface area contributed by atoms with E-state index in [-0.39, 0.29) is 42.7 Å². The number of allylic oxidation sites excluding steroid dienone is 1. The molecule has 2 rings (SSSR count). The number of carbonyl (C=O) groups is 3. The topological polar surface area (TPSA) is 112 Å². The van der Waals surface area contributed by atoms with Gasteiger partial charge in [0.05, 0.1) is 19.2 Å². The SMILES string of the molecule is CCN[C@@H](CC/C=C/C(=O)OCC)C(=O)NC1=CCC(C)N(CC(=O)NCC(C)C)C2OC12. The van der Waals surface area contributed by atoms with Crippen molar-refractivity contribution in [2.45, 2.75) is 78.3 Å². The minimum absolute atomic E-state index is 0.0135. The number of hydrogen-bond acceptors (Lipinski definition) is 7. The summed E-state index contributed by atoms with van der Waals surface area (Å²) >= 11 is 0. The van der Waals surface area contributed by atoms with Crippen LogP contribution in [-0.2, 0) is 23.9 Å². The van der Waals surface area contributed by atoms with Crippen LogP contribution in [-0.4, -0.2) is 73.3 Å². The Labute approximate surface area is 197 Å². The summed E-state index contributed by atoms with van der Waals surface area (Å²) in [4.78, 5) is 38.7. The Morgan fingerprint density at radius 3 is 2.73 bits per heavy atom. The molecule has 1 fully saturated rings. The molecule has 4 atom stereocenters. The number of epoxide rings is 1. The summed E-state index contributed by atoms with van der Waals surface area (Å²) < 4.78 is 10.7. The van der Waals surface area contributed by atoms with Gasteiger partial charge in [-0.3, -0.25) is 14.5 Å². The van der Waals surface area contributed by atoms with E-state index in [1.807, 2.05) is 13.0 Å². The third-order valence-electron chi connectivity index (χ3n) is 5.58. The molecular weight excluding hydrogens is 424 g/mol. The van der Waals surface area contributed by atoms with Crippen LogP contribution in [0.2, 0.25) is 0 Å². The molecule has 0 radical (unpaired) electrons. The average Bonchev–Trinajstić information content (AvgIpc) is 3.56.